The molecule has 1 aliphatic heterocycles. The molecule has 2 heterocycles. The van der Waals surface area contributed by atoms with Gasteiger partial charge in [-0.2, -0.15) is 0 Å². The van der Waals surface area contributed by atoms with E-state index >= 15 is 0 Å². The first-order valence-corrected chi connectivity index (χ1v) is 10.8. The molecule has 0 bridgehead atoms. The van der Waals surface area contributed by atoms with Crippen LogP contribution >= 0.6 is 0 Å². The van der Waals surface area contributed by atoms with Gasteiger partial charge in [0.05, 0.1) is 16.1 Å². The molecule has 0 aliphatic carbocycles. The molecule has 0 amide bonds. The normalized spacial score (nSPS) is 15.1. The van der Waals surface area contributed by atoms with E-state index in [-0.39, 0.29) is 16.1 Å². The zero-order valence-corrected chi connectivity index (χ0v) is 16.9. The van der Waals surface area contributed by atoms with E-state index in [0.29, 0.717) is 11.4 Å². The summed E-state index contributed by atoms with van der Waals surface area (Å²) in [5.74, 6) is -0.678. The fourth-order valence-electron chi connectivity index (χ4n) is 3.38. The molecule has 1 aromatic heterocycles. The highest BCUT2D eigenvalue weighted by Crippen LogP contribution is 2.30. The molecule has 2 N–H and O–H groups in total. The van der Waals surface area contributed by atoms with Crippen LogP contribution in [-0.4, -0.2) is 37.6 Å². The number of aromatic nitrogens is 1. The van der Waals surface area contributed by atoms with Gasteiger partial charge in [-0.3, -0.25) is 4.72 Å². The molecule has 0 saturated carbocycles. The molecule has 1 aliphatic rings. The average Bonchev–Trinajstić information content (AvgIpc) is 2.92. The zero-order valence-electron chi connectivity index (χ0n) is 16.1. The number of aryl methyl sites for hydroxylation is 2. The quantitative estimate of drug-likeness (QED) is 0.792. The second kappa shape index (κ2) is 8.18. The maximum absolute atomic E-state index is 13.1. The van der Waals surface area contributed by atoms with Gasteiger partial charge in [-0.25, -0.2) is 18.2 Å². The number of sulfonamides is 1. The highest BCUT2D eigenvalue weighted by Gasteiger charge is 2.23. The Morgan fingerprint density at radius 3 is 2.43 bits per heavy atom. The smallest absolute Gasteiger partial charge is 0.337 e. The van der Waals surface area contributed by atoms with Crippen LogP contribution in [0.3, 0.4) is 0 Å². The van der Waals surface area contributed by atoms with Crippen molar-refractivity contribution in [3.05, 3.63) is 47.2 Å². The third-order valence-electron chi connectivity index (χ3n) is 4.90. The number of aromatic carboxylic acids is 1. The van der Waals surface area contributed by atoms with Gasteiger partial charge in [0.2, 0.25) is 0 Å². The van der Waals surface area contributed by atoms with E-state index < -0.39 is 16.0 Å². The molecule has 150 valence electrons. The third kappa shape index (κ3) is 4.44. The van der Waals surface area contributed by atoms with Gasteiger partial charge in [0.15, 0.2) is 5.82 Å². The summed E-state index contributed by atoms with van der Waals surface area (Å²) in [7, 11) is -3.89. The highest BCUT2D eigenvalue weighted by atomic mass is 32.2. The number of anilines is 2. The predicted octanol–water partition coefficient (Wildman–Crippen LogP) is 3.58. The van der Waals surface area contributed by atoms with Gasteiger partial charge in [0, 0.05) is 19.3 Å². The Morgan fingerprint density at radius 1 is 1.11 bits per heavy atom. The fourth-order valence-corrected chi connectivity index (χ4v) is 4.76. The summed E-state index contributed by atoms with van der Waals surface area (Å²) < 4.78 is 28.7. The van der Waals surface area contributed by atoms with Crippen LogP contribution in [0.2, 0.25) is 0 Å². The van der Waals surface area contributed by atoms with E-state index in [1.807, 2.05) is 17.9 Å². The molecular formula is C20H25N3O4S. The van der Waals surface area contributed by atoms with Crippen LogP contribution in [0.4, 0.5) is 11.5 Å². The standard InChI is InChI=1S/C20H25N3O4S/c1-14-7-8-15(2)18(11-14)28(26,27)22-17-12-16(20(24)25)13-21-19(17)23-9-5-3-4-6-10-23/h7-8,11-13,22H,3-6,9-10H2,1-2H3,(H,24,25). The maximum Gasteiger partial charge on any atom is 0.337 e. The van der Waals surface area contributed by atoms with E-state index in [4.69, 9.17) is 0 Å². The predicted molar refractivity (Wildman–Crippen MR) is 109 cm³/mol. The van der Waals surface area contributed by atoms with Crippen molar-refractivity contribution in [2.24, 2.45) is 0 Å². The van der Waals surface area contributed by atoms with Gasteiger partial charge in [0.25, 0.3) is 10.0 Å². The Morgan fingerprint density at radius 2 is 1.79 bits per heavy atom. The first kappa shape index (κ1) is 20.1. The van der Waals surface area contributed by atoms with Crippen molar-refractivity contribution in [2.75, 3.05) is 22.7 Å². The maximum atomic E-state index is 13.1. The molecule has 1 fully saturated rings. The summed E-state index contributed by atoms with van der Waals surface area (Å²) in [4.78, 5) is 17.9. The Balaban J connectivity index is 2.04. The number of rotatable bonds is 5. The molecule has 3 rings (SSSR count). The van der Waals surface area contributed by atoms with Gasteiger partial charge < -0.3 is 10.0 Å². The highest BCUT2D eigenvalue weighted by molar-refractivity contribution is 7.92. The average molecular weight is 404 g/mol. The fraction of sp³-hybridized carbons (Fsp3) is 0.400. The number of nitrogens with one attached hydrogen (secondary N) is 1. The van der Waals surface area contributed by atoms with Crippen LogP contribution in [0, 0.1) is 13.8 Å². The number of carbonyl (C=O) groups is 1. The molecule has 0 radical (unpaired) electrons. The van der Waals surface area contributed by atoms with Crippen molar-refractivity contribution >= 4 is 27.5 Å². The molecule has 7 nitrogen and oxygen atoms in total. The van der Waals surface area contributed by atoms with E-state index in [1.54, 1.807) is 19.1 Å². The lowest BCUT2D eigenvalue weighted by Crippen LogP contribution is -2.27. The number of hydrogen-bond donors (Lipinski definition) is 2. The SMILES string of the molecule is Cc1ccc(C)c(S(=O)(=O)Nc2cc(C(=O)O)cnc2N2CCCCCC2)c1. The Kier molecular flexibility index (Phi) is 5.88. The molecule has 0 spiro atoms. The van der Waals surface area contributed by atoms with Crippen molar-refractivity contribution in [1.29, 1.82) is 0 Å². The summed E-state index contributed by atoms with van der Waals surface area (Å²) in [6.07, 6.45) is 5.50. The van der Waals surface area contributed by atoms with Gasteiger partial charge in [-0.05, 0) is 49.9 Å². The minimum Gasteiger partial charge on any atom is -0.478 e. The number of nitrogens with zero attached hydrogens (tertiary/aromatic N) is 2. The molecule has 0 atom stereocenters. The number of carboxylic acid groups (broad SMARTS) is 1. The summed E-state index contributed by atoms with van der Waals surface area (Å²) in [6, 6.07) is 6.56. The van der Waals surface area contributed by atoms with E-state index in [9.17, 15) is 18.3 Å². The largest absolute Gasteiger partial charge is 0.478 e. The molecular weight excluding hydrogens is 378 g/mol. The molecule has 8 heteroatoms. The molecule has 1 saturated heterocycles. The topological polar surface area (TPSA) is 99.6 Å². The van der Waals surface area contributed by atoms with Crippen molar-refractivity contribution in [1.82, 2.24) is 4.98 Å². The summed E-state index contributed by atoms with van der Waals surface area (Å²) in [6.45, 7) is 5.08. The lowest BCUT2D eigenvalue weighted by Gasteiger charge is -2.24. The van der Waals surface area contributed by atoms with Crippen LogP contribution in [0.25, 0.3) is 0 Å². The van der Waals surface area contributed by atoms with Gasteiger partial charge in [-0.15, -0.1) is 0 Å². The van der Waals surface area contributed by atoms with Crippen molar-refractivity contribution in [3.63, 3.8) is 0 Å². The lowest BCUT2D eigenvalue weighted by atomic mass is 10.2. The van der Waals surface area contributed by atoms with Gasteiger partial charge >= 0.3 is 5.97 Å². The van der Waals surface area contributed by atoms with Crippen LogP contribution < -0.4 is 9.62 Å². The van der Waals surface area contributed by atoms with Crippen LogP contribution in [0.15, 0.2) is 35.4 Å². The summed E-state index contributed by atoms with van der Waals surface area (Å²) >= 11 is 0. The van der Waals surface area contributed by atoms with E-state index in [2.05, 4.69) is 9.71 Å². The van der Waals surface area contributed by atoms with Gasteiger partial charge in [0.1, 0.15) is 0 Å². The molecule has 1 aromatic carbocycles. The number of carboxylic acids is 1. The van der Waals surface area contributed by atoms with Crippen LogP contribution in [-0.2, 0) is 10.0 Å². The first-order chi connectivity index (χ1) is 13.3. The number of benzene rings is 1. The monoisotopic (exact) mass is 403 g/mol. The van der Waals surface area contributed by atoms with Gasteiger partial charge in [-0.1, -0.05) is 25.0 Å². The molecule has 28 heavy (non-hydrogen) atoms. The Labute approximate surface area is 165 Å². The summed E-state index contributed by atoms with van der Waals surface area (Å²) in [5.41, 5.74) is 1.59. The Hall–Kier alpha value is -2.61. The van der Waals surface area contributed by atoms with Crippen molar-refractivity contribution in [3.8, 4) is 0 Å². The minimum atomic E-state index is -3.89. The third-order valence-corrected chi connectivity index (χ3v) is 6.40. The number of hydrogen-bond acceptors (Lipinski definition) is 5. The van der Waals surface area contributed by atoms with Crippen LogP contribution in [0.1, 0.15) is 47.2 Å². The van der Waals surface area contributed by atoms with Crippen molar-refractivity contribution in [2.45, 2.75) is 44.4 Å². The molecule has 0 unspecified atom stereocenters. The first-order valence-electron chi connectivity index (χ1n) is 9.36. The van der Waals surface area contributed by atoms with Crippen LogP contribution in [0.5, 0.6) is 0 Å². The van der Waals surface area contributed by atoms with E-state index in [0.717, 1.165) is 44.3 Å². The Bertz CT molecular complexity index is 981. The second-order valence-corrected chi connectivity index (χ2v) is 8.83. The minimum absolute atomic E-state index is 0.0581. The molecule has 2 aromatic rings. The lowest BCUT2D eigenvalue weighted by molar-refractivity contribution is 0.0696. The zero-order chi connectivity index (χ0) is 20.3. The number of pyridine rings is 1. The second-order valence-electron chi connectivity index (χ2n) is 7.18. The van der Waals surface area contributed by atoms with Crippen molar-refractivity contribution < 1.29 is 18.3 Å². The summed E-state index contributed by atoms with van der Waals surface area (Å²) in [5, 5.41) is 9.32. The van der Waals surface area contributed by atoms with E-state index in [1.165, 1.54) is 12.3 Å².